The van der Waals surface area contributed by atoms with Crippen molar-refractivity contribution >= 4 is 23.1 Å². The van der Waals surface area contributed by atoms with E-state index in [1.807, 2.05) is 39.0 Å². The molecule has 4 heteroatoms. The van der Waals surface area contributed by atoms with Crippen molar-refractivity contribution in [3.63, 3.8) is 0 Å². The number of nitrogens with zero attached hydrogens (tertiary/aromatic N) is 1. The number of pyridine rings is 1. The van der Waals surface area contributed by atoms with Crippen LogP contribution in [-0.4, -0.2) is 16.1 Å². The maximum Gasteiger partial charge on any atom is 0.172 e. The molecule has 0 unspecified atom stereocenters. The largest absolute Gasteiger partial charge is 0.360 e. The van der Waals surface area contributed by atoms with Gasteiger partial charge in [-0.3, -0.25) is 0 Å². The highest BCUT2D eigenvalue weighted by Crippen LogP contribution is 2.03. The normalized spacial score (nSPS) is 10.0. The van der Waals surface area contributed by atoms with Crippen molar-refractivity contribution < 1.29 is 0 Å². The van der Waals surface area contributed by atoms with Crippen LogP contribution in [-0.2, 0) is 0 Å². The molecule has 76 valence electrons. The van der Waals surface area contributed by atoms with E-state index in [9.17, 15) is 0 Å². The summed E-state index contributed by atoms with van der Waals surface area (Å²) in [6.07, 6.45) is 0. The van der Waals surface area contributed by atoms with Gasteiger partial charge in [-0.05, 0) is 45.1 Å². The van der Waals surface area contributed by atoms with Gasteiger partial charge in [0, 0.05) is 11.7 Å². The van der Waals surface area contributed by atoms with E-state index in [1.54, 1.807) is 0 Å². The first-order valence-corrected chi connectivity index (χ1v) is 5.00. The predicted molar refractivity (Wildman–Crippen MR) is 63.5 cm³/mol. The lowest BCUT2D eigenvalue weighted by Crippen LogP contribution is -2.34. The number of aromatic nitrogens is 1. The number of hydrogen-bond acceptors (Lipinski definition) is 2. The van der Waals surface area contributed by atoms with E-state index >= 15 is 0 Å². The highest BCUT2D eigenvalue weighted by Gasteiger charge is 1.99. The summed E-state index contributed by atoms with van der Waals surface area (Å²) in [6.45, 7) is 6.03. The molecule has 0 aliphatic rings. The maximum absolute atomic E-state index is 5.09. The molecule has 0 atom stereocenters. The van der Waals surface area contributed by atoms with Gasteiger partial charge in [-0.25, -0.2) is 4.98 Å². The van der Waals surface area contributed by atoms with Crippen LogP contribution in [0.25, 0.3) is 0 Å². The van der Waals surface area contributed by atoms with E-state index in [4.69, 9.17) is 12.2 Å². The molecule has 0 bridgehead atoms. The summed E-state index contributed by atoms with van der Waals surface area (Å²) in [5, 5.41) is 6.72. The molecule has 0 fully saturated rings. The summed E-state index contributed by atoms with van der Waals surface area (Å²) in [7, 11) is 0. The molecule has 1 aromatic heterocycles. The molecule has 2 N–H and O–H groups in total. The van der Waals surface area contributed by atoms with Crippen LogP contribution in [0.4, 0.5) is 5.82 Å². The van der Waals surface area contributed by atoms with E-state index in [-0.39, 0.29) is 0 Å². The summed E-state index contributed by atoms with van der Waals surface area (Å²) >= 11 is 5.09. The van der Waals surface area contributed by atoms with E-state index in [2.05, 4.69) is 15.6 Å². The minimum Gasteiger partial charge on any atom is -0.360 e. The van der Waals surface area contributed by atoms with Gasteiger partial charge < -0.3 is 10.6 Å². The molecule has 0 aromatic carbocycles. The van der Waals surface area contributed by atoms with E-state index in [0.29, 0.717) is 11.2 Å². The summed E-state index contributed by atoms with van der Waals surface area (Å²) in [6, 6.07) is 6.12. The third-order valence-corrected chi connectivity index (χ3v) is 1.77. The predicted octanol–water partition coefficient (Wildman–Crippen LogP) is 2.08. The first-order chi connectivity index (χ1) is 6.58. The van der Waals surface area contributed by atoms with Crippen molar-refractivity contribution in [3.8, 4) is 0 Å². The molecule has 0 aliphatic heterocycles. The maximum atomic E-state index is 5.09. The third-order valence-electron chi connectivity index (χ3n) is 1.55. The quantitative estimate of drug-likeness (QED) is 0.731. The van der Waals surface area contributed by atoms with Crippen molar-refractivity contribution in [2.75, 3.05) is 5.32 Å². The fourth-order valence-corrected chi connectivity index (χ4v) is 1.37. The minimum absolute atomic E-state index is 0.333. The lowest BCUT2D eigenvalue weighted by Gasteiger charge is -2.12. The molecular weight excluding hydrogens is 194 g/mol. The second-order valence-corrected chi connectivity index (χ2v) is 3.83. The molecule has 0 saturated heterocycles. The van der Waals surface area contributed by atoms with Gasteiger partial charge in [-0.2, -0.15) is 0 Å². The van der Waals surface area contributed by atoms with Crippen LogP contribution in [0.3, 0.4) is 0 Å². The Balaban J connectivity index is 2.56. The summed E-state index contributed by atoms with van der Waals surface area (Å²) < 4.78 is 0. The Morgan fingerprint density at radius 2 is 2.14 bits per heavy atom. The lowest BCUT2D eigenvalue weighted by molar-refractivity contribution is 0.739. The highest BCUT2D eigenvalue weighted by atomic mass is 32.1. The number of hydrogen-bond donors (Lipinski definition) is 2. The number of anilines is 1. The van der Waals surface area contributed by atoms with Gasteiger partial charge in [0.25, 0.3) is 0 Å². The van der Waals surface area contributed by atoms with Crippen molar-refractivity contribution in [3.05, 3.63) is 23.9 Å². The number of nitrogens with one attached hydrogen (secondary N) is 2. The molecule has 14 heavy (non-hydrogen) atoms. The van der Waals surface area contributed by atoms with E-state index < -0.39 is 0 Å². The van der Waals surface area contributed by atoms with Crippen LogP contribution < -0.4 is 10.6 Å². The van der Waals surface area contributed by atoms with Gasteiger partial charge in [0.2, 0.25) is 0 Å². The standard InChI is InChI=1S/C10H15N3S/c1-7(2)11-10(14)13-9-6-4-5-8(3)12-9/h4-7H,1-3H3,(H2,11,12,13,14). The molecule has 0 spiro atoms. The van der Waals surface area contributed by atoms with Gasteiger partial charge >= 0.3 is 0 Å². The molecule has 0 aliphatic carbocycles. The monoisotopic (exact) mass is 209 g/mol. The molecule has 1 heterocycles. The molecule has 0 saturated carbocycles. The SMILES string of the molecule is Cc1cccc(NC(=S)NC(C)C)n1. The van der Waals surface area contributed by atoms with Gasteiger partial charge in [0.15, 0.2) is 5.11 Å². The van der Waals surface area contributed by atoms with E-state index in [0.717, 1.165) is 11.5 Å². The zero-order valence-corrected chi connectivity index (χ0v) is 9.48. The zero-order chi connectivity index (χ0) is 10.6. The first kappa shape index (κ1) is 10.9. The second-order valence-electron chi connectivity index (χ2n) is 3.42. The van der Waals surface area contributed by atoms with Crippen LogP contribution in [0.15, 0.2) is 18.2 Å². The number of thiocarbonyl (C=S) groups is 1. The van der Waals surface area contributed by atoms with Gasteiger partial charge in [0.1, 0.15) is 5.82 Å². The van der Waals surface area contributed by atoms with E-state index in [1.165, 1.54) is 0 Å². The Kier molecular flexibility index (Phi) is 3.83. The molecule has 0 amide bonds. The second kappa shape index (κ2) is 4.91. The van der Waals surface area contributed by atoms with Crippen molar-refractivity contribution in [1.29, 1.82) is 0 Å². The van der Waals surface area contributed by atoms with Crippen molar-refractivity contribution in [1.82, 2.24) is 10.3 Å². The topological polar surface area (TPSA) is 37.0 Å². The Morgan fingerprint density at radius 1 is 1.43 bits per heavy atom. The summed E-state index contributed by atoms with van der Waals surface area (Å²) in [5.74, 6) is 0.781. The molecule has 3 nitrogen and oxygen atoms in total. The van der Waals surface area contributed by atoms with Crippen LogP contribution >= 0.6 is 12.2 Å². The van der Waals surface area contributed by atoms with Crippen molar-refractivity contribution in [2.45, 2.75) is 26.8 Å². The number of aryl methyl sites for hydroxylation is 1. The molecule has 1 rings (SSSR count). The van der Waals surface area contributed by atoms with Crippen LogP contribution in [0.2, 0.25) is 0 Å². The van der Waals surface area contributed by atoms with Crippen LogP contribution in [0.5, 0.6) is 0 Å². The third kappa shape index (κ3) is 3.70. The average molecular weight is 209 g/mol. The number of rotatable bonds is 2. The lowest BCUT2D eigenvalue weighted by atomic mass is 10.4. The smallest absolute Gasteiger partial charge is 0.172 e. The zero-order valence-electron chi connectivity index (χ0n) is 8.66. The van der Waals surface area contributed by atoms with Crippen LogP contribution in [0, 0.1) is 6.92 Å². The first-order valence-electron chi connectivity index (χ1n) is 4.59. The average Bonchev–Trinajstić information content (AvgIpc) is 2.01. The molecule has 0 radical (unpaired) electrons. The van der Waals surface area contributed by atoms with Gasteiger partial charge in [-0.15, -0.1) is 0 Å². The summed E-state index contributed by atoms with van der Waals surface area (Å²) in [4.78, 5) is 4.28. The fraction of sp³-hybridized carbons (Fsp3) is 0.400. The Hall–Kier alpha value is -1.16. The van der Waals surface area contributed by atoms with Gasteiger partial charge in [0.05, 0.1) is 0 Å². The molecule has 1 aromatic rings. The molecular formula is C10H15N3S. The van der Waals surface area contributed by atoms with Gasteiger partial charge in [-0.1, -0.05) is 6.07 Å². The highest BCUT2D eigenvalue weighted by molar-refractivity contribution is 7.80. The summed E-state index contributed by atoms with van der Waals surface area (Å²) in [5.41, 5.74) is 0.974. The Labute approximate surface area is 89.9 Å². The Bertz CT molecular complexity index is 323. The van der Waals surface area contributed by atoms with Crippen LogP contribution in [0.1, 0.15) is 19.5 Å². The minimum atomic E-state index is 0.333. The Morgan fingerprint density at radius 3 is 2.71 bits per heavy atom. The fourth-order valence-electron chi connectivity index (χ4n) is 1.03. The van der Waals surface area contributed by atoms with Crippen molar-refractivity contribution in [2.24, 2.45) is 0 Å².